The lowest BCUT2D eigenvalue weighted by Gasteiger charge is -2.32. The quantitative estimate of drug-likeness (QED) is 0.813. The van der Waals surface area contributed by atoms with Gasteiger partial charge >= 0.3 is 0 Å². The highest BCUT2D eigenvalue weighted by molar-refractivity contribution is 5.93. The largest absolute Gasteiger partial charge is 0.423 e. The second kappa shape index (κ2) is 5.84. The molecule has 3 aliphatic rings. The number of hydrogen-bond donors (Lipinski definition) is 0. The van der Waals surface area contributed by atoms with Gasteiger partial charge in [-0.25, -0.2) is 9.38 Å². The fourth-order valence-corrected chi connectivity index (χ4v) is 4.28. The molecule has 0 saturated carbocycles. The Morgan fingerprint density at radius 2 is 2.15 bits per heavy atom. The van der Waals surface area contributed by atoms with Gasteiger partial charge in [-0.1, -0.05) is 0 Å². The summed E-state index contributed by atoms with van der Waals surface area (Å²) in [5.41, 5.74) is 5.34. The summed E-state index contributed by atoms with van der Waals surface area (Å²) in [6, 6.07) is 6.75. The van der Waals surface area contributed by atoms with E-state index in [1.807, 2.05) is 32.1 Å². The molecular formula is C20H22FN5O. The van der Waals surface area contributed by atoms with Crippen LogP contribution in [-0.2, 0) is 0 Å². The molecule has 5 rings (SSSR count). The first-order valence-electron chi connectivity index (χ1n) is 9.22. The van der Waals surface area contributed by atoms with Gasteiger partial charge in [-0.15, -0.1) is 0 Å². The van der Waals surface area contributed by atoms with E-state index in [1.54, 1.807) is 0 Å². The number of anilines is 2. The van der Waals surface area contributed by atoms with E-state index in [1.165, 1.54) is 17.5 Å². The third kappa shape index (κ3) is 2.52. The lowest BCUT2D eigenvalue weighted by Crippen LogP contribution is -2.33. The van der Waals surface area contributed by atoms with Gasteiger partial charge in [0, 0.05) is 70.4 Å². The average molecular weight is 367 g/mol. The standard InChI is InChI=1S/C20H22FN5O/c1-24(2)20-23-16-5-4-13(9-18(16)27-20)26-7-6-17-15(11-26)14-8-12(21)10-22-19(14)25(17)3/h4-5,9-10,14H,6-8,11H2,1-3H3. The van der Waals surface area contributed by atoms with Gasteiger partial charge in [-0.2, -0.15) is 4.98 Å². The van der Waals surface area contributed by atoms with Crippen LogP contribution in [0.2, 0.25) is 0 Å². The molecule has 0 amide bonds. The molecule has 1 aromatic carbocycles. The predicted octanol–water partition coefficient (Wildman–Crippen LogP) is 3.53. The number of amidine groups is 1. The summed E-state index contributed by atoms with van der Waals surface area (Å²) >= 11 is 0. The number of rotatable bonds is 2. The van der Waals surface area contributed by atoms with E-state index >= 15 is 0 Å². The molecule has 1 unspecified atom stereocenters. The Hall–Kier alpha value is -2.83. The van der Waals surface area contributed by atoms with E-state index in [2.05, 4.69) is 31.9 Å². The first-order chi connectivity index (χ1) is 13.0. The van der Waals surface area contributed by atoms with Gasteiger partial charge in [0.15, 0.2) is 5.58 Å². The smallest absolute Gasteiger partial charge is 0.297 e. The predicted molar refractivity (Wildman–Crippen MR) is 105 cm³/mol. The molecule has 0 saturated heterocycles. The molecule has 0 radical (unpaired) electrons. The topological polar surface area (TPSA) is 48.1 Å². The zero-order chi connectivity index (χ0) is 18.7. The van der Waals surface area contributed by atoms with E-state index in [-0.39, 0.29) is 11.7 Å². The van der Waals surface area contributed by atoms with Crippen LogP contribution in [0.4, 0.5) is 16.1 Å². The Bertz CT molecular complexity index is 1020. The second-order valence-corrected chi connectivity index (χ2v) is 7.57. The maximum atomic E-state index is 13.8. The highest BCUT2D eigenvalue weighted by atomic mass is 19.1. The first-order valence-corrected chi connectivity index (χ1v) is 9.22. The Labute approximate surface area is 157 Å². The molecule has 7 heteroatoms. The van der Waals surface area contributed by atoms with Crippen molar-refractivity contribution < 1.29 is 8.81 Å². The fourth-order valence-electron chi connectivity index (χ4n) is 4.28. The van der Waals surface area contributed by atoms with Crippen molar-refractivity contribution in [3.8, 4) is 0 Å². The van der Waals surface area contributed by atoms with Crippen LogP contribution in [0.15, 0.2) is 50.9 Å². The minimum absolute atomic E-state index is 0.0622. The SMILES string of the molecule is CN1C2=NC=C(F)CC2C2=C1CCN(c1ccc3nc(N(C)C)oc3c1)C2. The number of aromatic nitrogens is 1. The number of halogens is 1. The average Bonchev–Trinajstić information content (AvgIpc) is 3.21. The third-order valence-electron chi connectivity index (χ3n) is 5.68. The maximum Gasteiger partial charge on any atom is 0.297 e. The van der Waals surface area contributed by atoms with Crippen molar-refractivity contribution in [3.05, 3.63) is 41.5 Å². The van der Waals surface area contributed by atoms with Gasteiger partial charge in [-0.05, 0) is 17.7 Å². The van der Waals surface area contributed by atoms with Crippen LogP contribution < -0.4 is 9.80 Å². The van der Waals surface area contributed by atoms with Gasteiger partial charge in [0.05, 0.1) is 6.20 Å². The van der Waals surface area contributed by atoms with Crippen molar-refractivity contribution in [1.29, 1.82) is 0 Å². The molecule has 3 aliphatic heterocycles. The Kier molecular flexibility index (Phi) is 3.54. The molecule has 0 aliphatic carbocycles. The van der Waals surface area contributed by atoms with E-state index in [0.717, 1.165) is 42.1 Å². The molecular weight excluding hydrogens is 345 g/mol. The number of nitrogens with zero attached hydrogens (tertiary/aromatic N) is 5. The van der Waals surface area contributed by atoms with Crippen LogP contribution in [0, 0.1) is 5.92 Å². The zero-order valence-electron chi connectivity index (χ0n) is 15.7. The summed E-state index contributed by atoms with van der Waals surface area (Å²) in [7, 11) is 5.87. The summed E-state index contributed by atoms with van der Waals surface area (Å²) in [5, 5.41) is 0. The van der Waals surface area contributed by atoms with E-state index in [0.29, 0.717) is 12.4 Å². The van der Waals surface area contributed by atoms with Crippen molar-refractivity contribution in [3.63, 3.8) is 0 Å². The number of aliphatic imine (C=N–C) groups is 1. The minimum atomic E-state index is -0.137. The summed E-state index contributed by atoms with van der Waals surface area (Å²) in [5.74, 6) is 0.902. The van der Waals surface area contributed by atoms with Gasteiger partial charge < -0.3 is 19.1 Å². The summed E-state index contributed by atoms with van der Waals surface area (Å²) in [6.07, 6.45) is 2.71. The van der Waals surface area contributed by atoms with Crippen LogP contribution in [0.25, 0.3) is 11.1 Å². The van der Waals surface area contributed by atoms with E-state index in [4.69, 9.17) is 4.42 Å². The molecule has 0 N–H and O–H groups in total. The monoisotopic (exact) mass is 367 g/mol. The lowest BCUT2D eigenvalue weighted by molar-refractivity contribution is 0.539. The van der Waals surface area contributed by atoms with Crippen molar-refractivity contribution in [2.75, 3.05) is 44.0 Å². The third-order valence-corrected chi connectivity index (χ3v) is 5.68. The van der Waals surface area contributed by atoms with Crippen molar-refractivity contribution >= 4 is 28.6 Å². The van der Waals surface area contributed by atoms with Gasteiger partial charge in [0.25, 0.3) is 6.01 Å². The van der Waals surface area contributed by atoms with Crippen LogP contribution >= 0.6 is 0 Å². The molecule has 1 atom stereocenters. The highest BCUT2D eigenvalue weighted by Crippen LogP contribution is 2.41. The van der Waals surface area contributed by atoms with Crippen molar-refractivity contribution in [1.82, 2.24) is 9.88 Å². The number of fused-ring (bicyclic) bond motifs is 3. The van der Waals surface area contributed by atoms with Gasteiger partial charge in [0.1, 0.15) is 17.2 Å². The summed E-state index contributed by atoms with van der Waals surface area (Å²) in [6.45, 7) is 1.70. The molecule has 2 aromatic rings. The second-order valence-electron chi connectivity index (χ2n) is 7.57. The molecule has 27 heavy (non-hydrogen) atoms. The van der Waals surface area contributed by atoms with Crippen LogP contribution in [0.1, 0.15) is 12.8 Å². The zero-order valence-corrected chi connectivity index (χ0v) is 15.7. The van der Waals surface area contributed by atoms with E-state index in [9.17, 15) is 4.39 Å². The van der Waals surface area contributed by atoms with Crippen molar-refractivity contribution in [2.45, 2.75) is 12.8 Å². The summed E-state index contributed by atoms with van der Waals surface area (Å²) < 4.78 is 19.7. The Morgan fingerprint density at radius 1 is 1.30 bits per heavy atom. The van der Waals surface area contributed by atoms with E-state index < -0.39 is 0 Å². The number of allylic oxidation sites excluding steroid dienone is 1. The van der Waals surface area contributed by atoms with Gasteiger partial charge in [-0.3, -0.25) is 0 Å². The first kappa shape index (κ1) is 16.4. The normalized spacial score (nSPS) is 22.0. The number of benzene rings is 1. The molecule has 4 heterocycles. The Morgan fingerprint density at radius 3 is 2.96 bits per heavy atom. The van der Waals surface area contributed by atoms with Crippen LogP contribution in [0.5, 0.6) is 0 Å². The number of oxazole rings is 1. The molecule has 1 aromatic heterocycles. The van der Waals surface area contributed by atoms with Crippen molar-refractivity contribution in [2.24, 2.45) is 10.9 Å². The molecule has 6 nitrogen and oxygen atoms in total. The van der Waals surface area contributed by atoms with Crippen LogP contribution in [0.3, 0.4) is 0 Å². The maximum absolute atomic E-state index is 13.8. The fraction of sp³-hybridized carbons (Fsp3) is 0.400. The summed E-state index contributed by atoms with van der Waals surface area (Å²) in [4.78, 5) is 15.2. The highest BCUT2D eigenvalue weighted by Gasteiger charge is 2.40. The minimum Gasteiger partial charge on any atom is -0.423 e. The molecule has 0 bridgehead atoms. The van der Waals surface area contributed by atoms with Crippen LogP contribution in [-0.4, -0.2) is 50.0 Å². The molecule has 0 fully saturated rings. The molecule has 0 spiro atoms. The van der Waals surface area contributed by atoms with Gasteiger partial charge in [0.2, 0.25) is 0 Å². The lowest BCUT2D eigenvalue weighted by atomic mass is 9.91. The number of hydrogen-bond acceptors (Lipinski definition) is 6. The molecule has 140 valence electrons. The Balaban J connectivity index is 1.45.